The largest absolute Gasteiger partial charge is 0.467 e. The number of nitrogens with zero attached hydrogens (tertiary/aromatic N) is 1. The molecule has 0 saturated carbocycles. The van der Waals surface area contributed by atoms with Gasteiger partial charge in [0.25, 0.3) is 0 Å². The molecule has 3 atom stereocenters. The number of carbonyl (C=O) groups is 4. The van der Waals surface area contributed by atoms with Gasteiger partial charge in [0.05, 0.1) is 18.8 Å². The number of anilines is 1. The number of nitrogens with one attached hydrogen (secondary N) is 3. The van der Waals surface area contributed by atoms with E-state index in [9.17, 15) is 28.0 Å². The number of methoxy groups -OCH3 is 1. The fourth-order valence-corrected chi connectivity index (χ4v) is 3.35. The van der Waals surface area contributed by atoms with E-state index in [1.165, 1.54) is 18.9 Å². The van der Waals surface area contributed by atoms with Crippen LogP contribution in [0.2, 0.25) is 0 Å². The van der Waals surface area contributed by atoms with E-state index >= 15 is 0 Å². The molecular formula is C20H26F2N4O5. The Kier molecular flexibility index (Phi) is 7.89. The highest BCUT2D eigenvalue weighted by Crippen LogP contribution is 2.20. The Hall–Kier alpha value is -3.24. The van der Waals surface area contributed by atoms with Crippen molar-refractivity contribution in [3.8, 4) is 0 Å². The summed E-state index contributed by atoms with van der Waals surface area (Å²) in [4.78, 5) is 50.2. The van der Waals surface area contributed by atoms with Crippen LogP contribution in [0, 0.1) is 17.6 Å². The maximum absolute atomic E-state index is 13.7. The van der Waals surface area contributed by atoms with Crippen molar-refractivity contribution in [2.75, 3.05) is 19.0 Å². The van der Waals surface area contributed by atoms with Gasteiger partial charge in [0.2, 0.25) is 11.8 Å². The summed E-state index contributed by atoms with van der Waals surface area (Å²) in [6, 6.07) is -0.447. The number of urea groups is 1. The number of esters is 1. The van der Waals surface area contributed by atoms with Gasteiger partial charge in [-0.15, -0.1) is 0 Å². The third-order valence-corrected chi connectivity index (χ3v) is 4.94. The van der Waals surface area contributed by atoms with E-state index in [4.69, 9.17) is 4.74 Å². The number of halogens is 2. The summed E-state index contributed by atoms with van der Waals surface area (Å²) in [5.74, 6) is -3.49. The molecule has 1 aromatic carbocycles. The maximum Gasteiger partial charge on any atom is 0.328 e. The van der Waals surface area contributed by atoms with Gasteiger partial charge in [-0.25, -0.2) is 18.4 Å². The van der Waals surface area contributed by atoms with Gasteiger partial charge in [-0.2, -0.15) is 0 Å². The molecule has 0 spiro atoms. The molecule has 0 aliphatic carbocycles. The quantitative estimate of drug-likeness (QED) is 0.578. The average Bonchev–Trinajstić information content (AvgIpc) is 3.11. The molecule has 2 rings (SSSR count). The molecule has 0 aromatic heterocycles. The Bertz CT molecular complexity index is 864. The number of hydrogen-bond donors (Lipinski definition) is 3. The van der Waals surface area contributed by atoms with Crippen LogP contribution in [0.25, 0.3) is 0 Å². The average molecular weight is 440 g/mol. The van der Waals surface area contributed by atoms with Crippen LogP contribution in [0.15, 0.2) is 18.2 Å². The highest BCUT2D eigenvalue weighted by atomic mass is 19.1. The number of carbonyl (C=O) groups excluding carboxylic acids is 4. The third kappa shape index (κ3) is 6.12. The zero-order chi connectivity index (χ0) is 23.3. The maximum atomic E-state index is 13.7. The minimum Gasteiger partial charge on any atom is -0.467 e. The van der Waals surface area contributed by atoms with Crippen molar-refractivity contribution in [3.63, 3.8) is 0 Å². The molecular weight excluding hydrogens is 414 g/mol. The lowest BCUT2D eigenvalue weighted by Crippen LogP contribution is -2.52. The van der Waals surface area contributed by atoms with Crippen LogP contribution in [0.4, 0.5) is 19.3 Å². The SMILES string of the molecule is COC(=O)[C@H](NC(=O)[C@@H]1C[C@H](NC(=O)Nc2ccc(F)cc2F)CN1C(C)=O)C(C)C. The number of benzene rings is 1. The lowest BCUT2D eigenvalue weighted by atomic mass is 10.0. The van der Waals surface area contributed by atoms with Crippen LogP contribution >= 0.6 is 0 Å². The summed E-state index contributed by atoms with van der Waals surface area (Å²) in [7, 11) is 1.21. The fraction of sp³-hybridized carbons (Fsp3) is 0.500. The first-order chi connectivity index (χ1) is 14.5. The van der Waals surface area contributed by atoms with Gasteiger partial charge in [0, 0.05) is 19.5 Å². The number of ether oxygens (including phenoxy) is 1. The van der Waals surface area contributed by atoms with E-state index in [1.54, 1.807) is 13.8 Å². The Morgan fingerprint density at radius 3 is 2.42 bits per heavy atom. The Balaban J connectivity index is 2.05. The molecule has 3 N–H and O–H groups in total. The summed E-state index contributed by atoms with van der Waals surface area (Å²) in [5, 5.41) is 7.44. The van der Waals surface area contributed by atoms with Crippen LogP contribution in [0.1, 0.15) is 27.2 Å². The van der Waals surface area contributed by atoms with Crippen LogP contribution in [-0.4, -0.2) is 60.5 Å². The van der Waals surface area contributed by atoms with Crippen molar-refractivity contribution >= 4 is 29.5 Å². The normalized spacial score (nSPS) is 19.0. The monoisotopic (exact) mass is 440 g/mol. The van der Waals surface area contributed by atoms with Crippen LogP contribution in [0.3, 0.4) is 0 Å². The summed E-state index contributed by atoms with van der Waals surface area (Å²) in [5.41, 5.74) is -0.215. The predicted octanol–water partition coefficient (Wildman–Crippen LogP) is 1.39. The minimum atomic E-state index is -0.938. The lowest BCUT2D eigenvalue weighted by molar-refractivity contribution is -0.147. The molecule has 1 heterocycles. The van der Waals surface area contributed by atoms with Gasteiger partial charge in [0.1, 0.15) is 23.7 Å². The van der Waals surface area contributed by atoms with E-state index in [0.29, 0.717) is 6.07 Å². The molecule has 4 amide bonds. The van der Waals surface area contributed by atoms with Crippen LogP contribution in [0.5, 0.6) is 0 Å². The molecule has 0 radical (unpaired) electrons. The molecule has 170 valence electrons. The first kappa shape index (κ1) is 24.0. The van der Waals surface area contributed by atoms with E-state index in [0.717, 1.165) is 12.1 Å². The topological polar surface area (TPSA) is 117 Å². The van der Waals surface area contributed by atoms with E-state index < -0.39 is 47.7 Å². The second-order valence-electron chi connectivity index (χ2n) is 7.60. The number of likely N-dealkylation sites (tertiary alicyclic amines) is 1. The summed E-state index contributed by atoms with van der Waals surface area (Å²) in [6.07, 6.45) is 0.0940. The summed E-state index contributed by atoms with van der Waals surface area (Å²) < 4.78 is 31.4. The van der Waals surface area contributed by atoms with Gasteiger partial charge in [0.15, 0.2) is 0 Å². The molecule has 0 unspecified atom stereocenters. The Morgan fingerprint density at radius 2 is 1.87 bits per heavy atom. The molecule has 0 bridgehead atoms. The standard InChI is InChI=1S/C20H26F2N4O5/c1-10(2)17(19(29)31-4)25-18(28)16-8-13(9-26(16)11(3)27)23-20(30)24-15-6-5-12(21)7-14(15)22/h5-7,10,13,16-17H,8-9H2,1-4H3,(H,25,28)(H2,23,24,30)/t13-,16-,17+/m0/s1. The smallest absolute Gasteiger partial charge is 0.328 e. The third-order valence-electron chi connectivity index (χ3n) is 4.94. The van der Waals surface area contributed by atoms with E-state index in [1.807, 2.05) is 0 Å². The van der Waals surface area contributed by atoms with Crippen molar-refractivity contribution in [2.45, 2.75) is 45.3 Å². The molecule has 31 heavy (non-hydrogen) atoms. The van der Waals surface area contributed by atoms with Crippen molar-refractivity contribution < 1.29 is 32.7 Å². The molecule has 1 aliphatic heterocycles. The summed E-state index contributed by atoms with van der Waals surface area (Å²) >= 11 is 0. The first-order valence-corrected chi connectivity index (χ1v) is 9.71. The van der Waals surface area contributed by atoms with Crippen LogP contribution < -0.4 is 16.0 Å². The first-order valence-electron chi connectivity index (χ1n) is 9.71. The number of rotatable bonds is 6. The van der Waals surface area contributed by atoms with Crippen molar-refractivity contribution in [3.05, 3.63) is 29.8 Å². The molecule has 9 nitrogen and oxygen atoms in total. The highest BCUT2D eigenvalue weighted by Gasteiger charge is 2.40. The molecule has 11 heteroatoms. The molecule has 1 saturated heterocycles. The van der Waals surface area contributed by atoms with Gasteiger partial charge in [-0.05, 0) is 24.5 Å². The molecule has 1 fully saturated rings. The number of amides is 4. The van der Waals surface area contributed by atoms with Crippen molar-refractivity contribution in [1.29, 1.82) is 0 Å². The second-order valence-corrected chi connectivity index (χ2v) is 7.60. The van der Waals surface area contributed by atoms with E-state index in [2.05, 4.69) is 16.0 Å². The van der Waals surface area contributed by atoms with Crippen LogP contribution in [-0.2, 0) is 19.1 Å². The minimum absolute atomic E-state index is 0.0529. The Labute approximate surface area is 178 Å². The zero-order valence-electron chi connectivity index (χ0n) is 17.7. The Morgan fingerprint density at radius 1 is 1.19 bits per heavy atom. The van der Waals surface area contributed by atoms with Crippen molar-refractivity contribution in [1.82, 2.24) is 15.5 Å². The van der Waals surface area contributed by atoms with Gasteiger partial charge < -0.3 is 25.6 Å². The molecule has 1 aliphatic rings. The van der Waals surface area contributed by atoms with E-state index in [-0.39, 0.29) is 30.5 Å². The lowest BCUT2D eigenvalue weighted by Gasteiger charge is -2.26. The zero-order valence-corrected chi connectivity index (χ0v) is 17.7. The van der Waals surface area contributed by atoms with Crippen molar-refractivity contribution in [2.24, 2.45) is 5.92 Å². The molecule has 1 aromatic rings. The number of hydrogen-bond acceptors (Lipinski definition) is 5. The second kappa shape index (κ2) is 10.2. The van der Waals surface area contributed by atoms with Gasteiger partial charge in [-0.3, -0.25) is 9.59 Å². The summed E-state index contributed by atoms with van der Waals surface area (Å²) in [6.45, 7) is 4.82. The predicted molar refractivity (Wildman–Crippen MR) is 107 cm³/mol. The van der Waals surface area contributed by atoms with Gasteiger partial charge >= 0.3 is 12.0 Å². The highest BCUT2D eigenvalue weighted by molar-refractivity contribution is 5.92. The van der Waals surface area contributed by atoms with Gasteiger partial charge in [-0.1, -0.05) is 13.8 Å². The fourth-order valence-electron chi connectivity index (χ4n) is 3.35.